The molecule has 0 spiro atoms. The first kappa shape index (κ1) is 20.6. The largest absolute Gasteiger partial charge is 0.497 e. The van der Waals surface area contributed by atoms with Crippen LogP contribution in [0, 0.1) is 0 Å². The smallest absolute Gasteiger partial charge is 0.249 e. The first-order chi connectivity index (χ1) is 14.2. The average molecular weight is 389 g/mol. The normalized spacial score (nSPS) is 12.8. The van der Waals surface area contributed by atoms with E-state index >= 15 is 0 Å². The third-order valence-electron chi connectivity index (χ3n) is 4.80. The van der Waals surface area contributed by atoms with Crippen molar-refractivity contribution in [2.75, 3.05) is 7.11 Å². The molecule has 0 heterocycles. The number of hydrogen-bond acceptors (Lipinski definition) is 3. The van der Waals surface area contributed by atoms with E-state index in [9.17, 15) is 4.79 Å². The number of benzene rings is 3. The Morgan fingerprint density at radius 3 is 2.24 bits per heavy atom. The second-order valence-electron chi connectivity index (χ2n) is 6.97. The summed E-state index contributed by atoms with van der Waals surface area (Å²) in [6.45, 7) is 2.13. The van der Waals surface area contributed by atoms with E-state index in [0.29, 0.717) is 6.61 Å². The van der Waals surface area contributed by atoms with E-state index in [4.69, 9.17) is 9.47 Å². The summed E-state index contributed by atoms with van der Waals surface area (Å²) in [6.07, 6.45) is 0.155. The zero-order valence-electron chi connectivity index (χ0n) is 16.9. The van der Waals surface area contributed by atoms with Gasteiger partial charge in [-0.05, 0) is 42.2 Å². The maximum atomic E-state index is 12.8. The Labute approximate surface area is 172 Å². The molecule has 0 saturated heterocycles. The summed E-state index contributed by atoms with van der Waals surface area (Å²) in [5, 5.41) is 3.15. The second-order valence-corrected chi connectivity index (χ2v) is 6.97. The van der Waals surface area contributed by atoms with Gasteiger partial charge in [0, 0.05) is 0 Å². The standard InChI is InChI=1S/C25H27NO3/c1-19(29-18-21-12-9-15-23(16-21)28-2)25(27)26-24(22-13-7-4-8-14-22)17-20-10-5-3-6-11-20/h3-16,19,24H,17-18H2,1-2H3,(H,26,27). The minimum atomic E-state index is -0.566. The number of amides is 1. The highest BCUT2D eigenvalue weighted by Crippen LogP contribution is 2.19. The maximum Gasteiger partial charge on any atom is 0.249 e. The fraction of sp³-hybridized carbons (Fsp3) is 0.240. The molecule has 4 heteroatoms. The summed E-state index contributed by atoms with van der Waals surface area (Å²) in [7, 11) is 1.63. The molecule has 0 fully saturated rings. The lowest BCUT2D eigenvalue weighted by Gasteiger charge is -2.22. The van der Waals surface area contributed by atoms with E-state index in [-0.39, 0.29) is 11.9 Å². The molecule has 0 radical (unpaired) electrons. The van der Waals surface area contributed by atoms with Crippen molar-refractivity contribution in [3.05, 3.63) is 102 Å². The Morgan fingerprint density at radius 1 is 0.897 bits per heavy atom. The number of rotatable bonds is 9. The van der Waals surface area contributed by atoms with Gasteiger partial charge in [0.2, 0.25) is 5.91 Å². The van der Waals surface area contributed by atoms with Gasteiger partial charge in [0.25, 0.3) is 0 Å². The molecule has 0 aliphatic rings. The fourth-order valence-corrected chi connectivity index (χ4v) is 3.14. The predicted molar refractivity (Wildman–Crippen MR) is 115 cm³/mol. The summed E-state index contributed by atoms with van der Waals surface area (Å²) < 4.78 is 11.0. The summed E-state index contributed by atoms with van der Waals surface area (Å²) in [5.41, 5.74) is 3.21. The van der Waals surface area contributed by atoms with E-state index in [0.717, 1.165) is 23.3 Å². The number of nitrogens with one attached hydrogen (secondary N) is 1. The highest BCUT2D eigenvalue weighted by atomic mass is 16.5. The Balaban J connectivity index is 1.63. The van der Waals surface area contributed by atoms with Gasteiger partial charge in [0.15, 0.2) is 0 Å². The van der Waals surface area contributed by atoms with Crippen LogP contribution in [0.2, 0.25) is 0 Å². The van der Waals surface area contributed by atoms with Gasteiger partial charge in [-0.15, -0.1) is 0 Å². The van der Waals surface area contributed by atoms with Crippen molar-refractivity contribution in [2.24, 2.45) is 0 Å². The van der Waals surface area contributed by atoms with Crippen molar-refractivity contribution in [1.82, 2.24) is 5.32 Å². The van der Waals surface area contributed by atoms with Crippen molar-refractivity contribution in [3.63, 3.8) is 0 Å². The zero-order valence-corrected chi connectivity index (χ0v) is 16.9. The molecular weight excluding hydrogens is 362 g/mol. The van der Waals surface area contributed by atoms with Crippen LogP contribution < -0.4 is 10.1 Å². The van der Waals surface area contributed by atoms with Gasteiger partial charge >= 0.3 is 0 Å². The van der Waals surface area contributed by atoms with Crippen LogP contribution in [0.1, 0.15) is 29.7 Å². The number of ether oxygens (including phenoxy) is 2. The zero-order chi connectivity index (χ0) is 20.5. The van der Waals surface area contributed by atoms with Gasteiger partial charge in [0.05, 0.1) is 19.8 Å². The van der Waals surface area contributed by atoms with Crippen molar-refractivity contribution in [3.8, 4) is 5.75 Å². The lowest BCUT2D eigenvalue weighted by molar-refractivity contribution is -0.133. The van der Waals surface area contributed by atoms with Crippen LogP contribution in [0.5, 0.6) is 5.75 Å². The molecule has 0 bridgehead atoms. The first-order valence-electron chi connectivity index (χ1n) is 9.79. The number of carbonyl (C=O) groups excluding carboxylic acids is 1. The maximum absolute atomic E-state index is 12.8. The van der Waals surface area contributed by atoms with Crippen LogP contribution in [0.4, 0.5) is 0 Å². The van der Waals surface area contributed by atoms with Gasteiger partial charge < -0.3 is 14.8 Å². The van der Waals surface area contributed by atoms with Crippen molar-refractivity contribution in [2.45, 2.75) is 32.1 Å². The molecule has 1 amide bonds. The number of methoxy groups -OCH3 is 1. The summed E-state index contributed by atoms with van der Waals surface area (Å²) >= 11 is 0. The van der Waals surface area contributed by atoms with Crippen molar-refractivity contribution in [1.29, 1.82) is 0 Å². The Kier molecular flexibility index (Phi) is 7.42. The third-order valence-corrected chi connectivity index (χ3v) is 4.80. The van der Waals surface area contributed by atoms with Gasteiger partial charge in [0.1, 0.15) is 11.9 Å². The summed E-state index contributed by atoms with van der Waals surface area (Å²) in [4.78, 5) is 12.8. The SMILES string of the molecule is COc1cccc(COC(C)C(=O)NC(Cc2ccccc2)c2ccccc2)c1. The Hall–Kier alpha value is -3.11. The minimum Gasteiger partial charge on any atom is -0.497 e. The van der Waals surface area contributed by atoms with Gasteiger partial charge in [-0.25, -0.2) is 0 Å². The van der Waals surface area contributed by atoms with Crippen LogP contribution in [0.15, 0.2) is 84.9 Å². The van der Waals surface area contributed by atoms with E-state index in [1.165, 1.54) is 5.56 Å². The van der Waals surface area contributed by atoms with Crippen molar-refractivity contribution < 1.29 is 14.3 Å². The van der Waals surface area contributed by atoms with Crippen LogP contribution in [0.25, 0.3) is 0 Å². The molecule has 0 aliphatic heterocycles. The Morgan fingerprint density at radius 2 is 1.55 bits per heavy atom. The van der Waals surface area contributed by atoms with E-state index in [1.54, 1.807) is 14.0 Å². The monoisotopic (exact) mass is 389 g/mol. The number of hydrogen-bond donors (Lipinski definition) is 1. The lowest BCUT2D eigenvalue weighted by Crippen LogP contribution is -2.37. The molecule has 4 nitrogen and oxygen atoms in total. The van der Waals surface area contributed by atoms with Crippen LogP contribution in [-0.2, 0) is 22.6 Å². The molecule has 150 valence electrons. The molecular formula is C25H27NO3. The van der Waals surface area contributed by atoms with E-state index in [1.807, 2.05) is 72.8 Å². The Bertz CT molecular complexity index is 896. The topological polar surface area (TPSA) is 47.6 Å². The van der Waals surface area contributed by atoms with Crippen molar-refractivity contribution >= 4 is 5.91 Å². The highest BCUT2D eigenvalue weighted by Gasteiger charge is 2.20. The molecule has 0 saturated carbocycles. The highest BCUT2D eigenvalue weighted by molar-refractivity contribution is 5.80. The third kappa shape index (κ3) is 6.19. The van der Waals surface area contributed by atoms with E-state index in [2.05, 4.69) is 17.4 Å². The molecule has 1 N–H and O–H groups in total. The molecule has 2 atom stereocenters. The fourth-order valence-electron chi connectivity index (χ4n) is 3.14. The van der Waals surface area contributed by atoms with Gasteiger partial charge in [-0.2, -0.15) is 0 Å². The lowest BCUT2D eigenvalue weighted by atomic mass is 9.98. The summed E-state index contributed by atoms with van der Waals surface area (Å²) in [5.74, 6) is 0.646. The minimum absolute atomic E-state index is 0.117. The second kappa shape index (κ2) is 10.4. The quantitative estimate of drug-likeness (QED) is 0.577. The van der Waals surface area contributed by atoms with Gasteiger partial charge in [-0.1, -0.05) is 72.8 Å². The molecule has 3 aromatic carbocycles. The molecule has 3 aromatic rings. The van der Waals surface area contributed by atoms with Crippen LogP contribution >= 0.6 is 0 Å². The summed E-state index contributed by atoms with van der Waals surface area (Å²) in [6, 6.07) is 27.7. The molecule has 3 rings (SSSR count). The first-order valence-corrected chi connectivity index (χ1v) is 9.79. The average Bonchev–Trinajstić information content (AvgIpc) is 2.78. The molecule has 2 unspecified atom stereocenters. The molecule has 0 aromatic heterocycles. The molecule has 29 heavy (non-hydrogen) atoms. The predicted octanol–water partition coefficient (Wildman–Crippen LogP) is 4.70. The van der Waals surface area contributed by atoms with Gasteiger partial charge in [-0.3, -0.25) is 4.79 Å². The number of carbonyl (C=O) groups is 1. The van der Waals surface area contributed by atoms with E-state index < -0.39 is 6.10 Å². The molecule has 0 aliphatic carbocycles. The van der Waals surface area contributed by atoms with Crippen LogP contribution in [0.3, 0.4) is 0 Å². The van der Waals surface area contributed by atoms with Crippen LogP contribution in [-0.4, -0.2) is 19.1 Å².